The van der Waals surface area contributed by atoms with Crippen molar-refractivity contribution in [2.24, 2.45) is 5.73 Å². The van der Waals surface area contributed by atoms with E-state index in [0.717, 1.165) is 24.3 Å². The number of benzene rings is 2. The number of pyridine rings is 1. The van der Waals surface area contributed by atoms with Gasteiger partial charge in [-0.15, -0.1) is 0 Å². The summed E-state index contributed by atoms with van der Waals surface area (Å²) in [6.07, 6.45) is 1.46. The molecule has 1 aromatic heterocycles. The van der Waals surface area contributed by atoms with Crippen molar-refractivity contribution < 1.29 is 27.6 Å². The summed E-state index contributed by atoms with van der Waals surface area (Å²) in [5.74, 6) is -3.89. The van der Waals surface area contributed by atoms with Crippen LogP contribution >= 0.6 is 0 Å². The number of Topliss-reactive ketones (excluding diaryl/α,β-unsaturated/α-hetero) is 1. The van der Waals surface area contributed by atoms with Gasteiger partial charge in [-0.1, -0.05) is 12.1 Å². The zero-order valence-electron chi connectivity index (χ0n) is 18.4. The third kappa shape index (κ3) is 5.55. The highest BCUT2D eigenvalue weighted by atomic mass is 19.1. The molecule has 1 aliphatic rings. The van der Waals surface area contributed by atoms with Crippen molar-refractivity contribution in [1.82, 2.24) is 15.6 Å². The second-order valence-corrected chi connectivity index (χ2v) is 8.21. The number of nitrogens with zero attached hydrogens (tertiary/aromatic N) is 1. The normalized spacial score (nSPS) is 16.2. The Balaban J connectivity index is 1.76. The largest absolute Gasteiger partial charge is 0.366 e. The number of carbonyl (C=O) groups excluding carboxylic acids is 3. The molecule has 180 valence electrons. The average molecular weight is 482 g/mol. The summed E-state index contributed by atoms with van der Waals surface area (Å²) in [5.41, 5.74) is 6.39. The van der Waals surface area contributed by atoms with Gasteiger partial charge in [0.05, 0.1) is 29.9 Å². The van der Waals surface area contributed by atoms with Gasteiger partial charge in [0.25, 0.3) is 5.91 Å². The number of aromatic nitrogens is 1. The predicted octanol–water partition coefficient (Wildman–Crippen LogP) is 2.60. The third-order valence-electron chi connectivity index (χ3n) is 5.68. The van der Waals surface area contributed by atoms with Gasteiger partial charge in [-0.25, -0.2) is 13.2 Å². The van der Waals surface area contributed by atoms with E-state index in [1.54, 1.807) is 12.1 Å². The quantitative estimate of drug-likeness (QED) is 0.479. The lowest BCUT2D eigenvalue weighted by Crippen LogP contribution is -2.43. The van der Waals surface area contributed by atoms with E-state index < -0.39 is 41.3 Å². The molecule has 2 atom stereocenters. The summed E-state index contributed by atoms with van der Waals surface area (Å²) in [6.45, 7) is 0.0676. The van der Waals surface area contributed by atoms with Crippen LogP contribution < -0.4 is 16.4 Å². The highest BCUT2D eigenvalue weighted by Gasteiger charge is 2.30. The highest BCUT2D eigenvalue weighted by molar-refractivity contribution is 5.95. The van der Waals surface area contributed by atoms with Crippen molar-refractivity contribution in [3.05, 3.63) is 89.0 Å². The number of ketones is 1. The van der Waals surface area contributed by atoms with Crippen LogP contribution in [0.25, 0.3) is 11.1 Å². The minimum atomic E-state index is -0.952. The van der Waals surface area contributed by atoms with E-state index in [1.165, 1.54) is 18.3 Å². The molecule has 0 saturated carbocycles. The summed E-state index contributed by atoms with van der Waals surface area (Å²) in [5, 5.41) is 5.64. The van der Waals surface area contributed by atoms with Gasteiger partial charge in [0.2, 0.25) is 5.91 Å². The van der Waals surface area contributed by atoms with E-state index in [9.17, 15) is 27.6 Å². The molecule has 2 aromatic carbocycles. The fraction of sp³-hybridized carbons (Fsp3) is 0.200. The Kier molecular flexibility index (Phi) is 6.92. The van der Waals surface area contributed by atoms with E-state index in [4.69, 9.17) is 5.73 Å². The molecule has 2 heterocycles. The topological polar surface area (TPSA) is 114 Å². The SMILES string of the molecule is NC(=O)c1cc(-c2cccnc2[C@H](Cc2cc(F)cc(F)c2)NC(=O)C2CC(=O)CN2)ccc1F. The number of hydrogen-bond acceptors (Lipinski definition) is 5. The standard InChI is InChI=1S/C25H21F3N4O3/c26-15-6-13(7-16(27)10-15)8-21(32-25(35)22-11-17(33)12-31-22)23-18(2-1-5-30-23)14-3-4-20(28)19(9-14)24(29)34/h1-7,9-10,21-22,31H,8,11-12H2,(H2,29,34)(H,32,35)/t21-,22?/m0/s1. The molecule has 10 heteroatoms. The smallest absolute Gasteiger partial charge is 0.251 e. The molecule has 1 fully saturated rings. The van der Waals surface area contributed by atoms with Gasteiger partial charge < -0.3 is 11.1 Å². The summed E-state index contributed by atoms with van der Waals surface area (Å²) >= 11 is 0. The van der Waals surface area contributed by atoms with Gasteiger partial charge >= 0.3 is 0 Å². The van der Waals surface area contributed by atoms with E-state index in [0.29, 0.717) is 16.8 Å². The number of rotatable bonds is 7. The molecule has 0 radical (unpaired) electrons. The third-order valence-corrected chi connectivity index (χ3v) is 5.68. The summed E-state index contributed by atoms with van der Waals surface area (Å²) in [7, 11) is 0. The molecule has 1 saturated heterocycles. The number of halogens is 3. The van der Waals surface area contributed by atoms with Crippen molar-refractivity contribution >= 4 is 17.6 Å². The zero-order chi connectivity index (χ0) is 25.1. The number of primary amides is 1. The lowest BCUT2D eigenvalue weighted by Gasteiger charge is -2.23. The molecule has 2 amide bonds. The predicted molar refractivity (Wildman–Crippen MR) is 121 cm³/mol. The van der Waals surface area contributed by atoms with Gasteiger partial charge in [0.15, 0.2) is 0 Å². The molecule has 35 heavy (non-hydrogen) atoms. The summed E-state index contributed by atoms with van der Waals surface area (Å²) in [6, 6.07) is 8.46. The van der Waals surface area contributed by atoms with Gasteiger partial charge in [0.1, 0.15) is 23.2 Å². The molecular formula is C25H21F3N4O3. The maximum Gasteiger partial charge on any atom is 0.251 e. The Morgan fingerprint density at radius 1 is 1.11 bits per heavy atom. The monoisotopic (exact) mass is 482 g/mol. The molecule has 3 aromatic rings. The first-order valence-electron chi connectivity index (χ1n) is 10.8. The number of carbonyl (C=O) groups is 3. The van der Waals surface area contributed by atoms with Crippen LogP contribution in [-0.2, 0) is 16.0 Å². The first-order valence-corrected chi connectivity index (χ1v) is 10.8. The van der Waals surface area contributed by atoms with Gasteiger partial charge in [-0.2, -0.15) is 0 Å². The molecule has 0 spiro atoms. The van der Waals surface area contributed by atoms with Crippen LogP contribution in [0.2, 0.25) is 0 Å². The Morgan fingerprint density at radius 3 is 2.51 bits per heavy atom. The van der Waals surface area contributed by atoms with Crippen molar-refractivity contribution in [2.45, 2.75) is 24.9 Å². The molecule has 1 unspecified atom stereocenters. The van der Waals surface area contributed by atoms with Crippen LogP contribution in [0, 0.1) is 17.5 Å². The summed E-state index contributed by atoms with van der Waals surface area (Å²) < 4.78 is 41.8. The van der Waals surface area contributed by atoms with Crippen LogP contribution in [0.3, 0.4) is 0 Å². The Hall–Kier alpha value is -4.05. The first kappa shape index (κ1) is 24.1. The molecule has 1 aliphatic heterocycles. The number of nitrogens with two attached hydrogens (primary N) is 1. The first-order chi connectivity index (χ1) is 16.7. The number of amides is 2. The Morgan fingerprint density at radius 2 is 1.86 bits per heavy atom. The van der Waals surface area contributed by atoms with Gasteiger partial charge in [-0.3, -0.25) is 24.7 Å². The van der Waals surface area contributed by atoms with E-state index in [-0.39, 0.29) is 36.3 Å². The van der Waals surface area contributed by atoms with Crippen LogP contribution in [-0.4, -0.2) is 35.2 Å². The fourth-order valence-electron chi connectivity index (χ4n) is 4.07. The van der Waals surface area contributed by atoms with Crippen LogP contribution in [0.1, 0.15) is 34.1 Å². The molecule has 7 nitrogen and oxygen atoms in total. The minimum Gasteiger partial charge on any atom is -0.366 e. The van der Waals surface area contributed by atoms with Crippen molar-refractivity contribution in [3.8, 4) is 11.1 Å². The van der Waals surface area contributed by atoms with E-state index >= 15 is 0 Å². The molecule has 4 rings (SSSR count). The lowest BCUT2D eigenvalue weighted by molar-refractivity contribution is -0.125. The maximum absolute atomic E-state index is 14.1. The zero-order valence-corrected chi connectivity index (χ0v) is 18.4. The number of nitrogens with one attached hydrogen (secondary N) is 2. The average Bonchev–Trinajstić information content (AvgIpc) is 3.24. The van der Waals surface area contributed by atoms with Gasteiger partial charge in [-0.05, 0) is 47.9 Å². The van der Waals surface area contributed by atoms with Gasteiger partial charge in [0, 0.05) is 24.2 Å². The van der Waals surface area contributed by atoms with E-state index in [2.05, 4.69) is 15.6 Å². The minimum absolute atomic E-state index is 0.0160. The Bertz CT molecular complexity index is 1290. The second-order valence-electron chi connectivity index (χ2n) is 8.21. The molecule has 0 bridgehead atoms. The highest BCUT2D eigenvalue weighted by Crippen LogP contribution is 2.30. The van der Waals surface area contributed by atoms with Crippen LogP contribution in [0.15, 0.2) is 54.7 Å². The molecule has 0 aliphatic carbocycles. The molecular weight excluding hydrogens is 461 g/mol. The van der Waals surface area contributed by atoms with Crippen molar-refractivity contribution in [2.75, 3.05) is 6.54 Å². The molecule has 4 N–H and O–H groups in total. The maximum atomic E-state index is 14.1. The van der Waals surface area contributed by atoms with Crippen molar-refractivity contribution in [3.63, 3.8) is 0 Å². The lowest BCUT2D eigenvalue weighted by atomic mass is 9.94. The van der Waals surface area contributed by atoms with Crippen LogP contribution in [0.5, 0.6) is 0 Å². The second kappa shape index (κ2) is 10.1. The van der Waals surface area contributed by atoms with Crippen molar-refractivity contribution in [1.29, 1.82) is 0 Å². The number of hydrogen-bond donors (Lipinski definition) is 3. The fourth-order valence-corrected chi connectivity index (χ4v) is 4.07. The Labute approximate surface area is 198 Å². The van der Waals surface area contributed by atoms with E-state index in [1.807, 2.05) is 0 Å². The summed E-state index contributed by atoms with van der Waals surface area (Å²) in [4.78, 5) is 40.6. The van der Waals surface area contributed by atoms with Crippen LogP contribution in [0.4, 0.5) is 13.2 Å².